The SMILES string of the molecule is COc1c(Cl)cc2ccccc2c1C(=O)[C@H](C)Cl. The van der Waals surface area contributed by atoms with Crippen molar-refractivity contribution in [3.8, 4) is 5.75 Å². The standard InChI is InChI=1S/C14H12Cl2O2/c1-8(15)13(17)12-10-6-4-3-5-9(10)7-11(16)14(12)18-2/h3-8H,1-2H3/t8-/m0/s1. The minimum Gasteiger partial charge on any atom is -0.494 e. The van der Waals surface area contributed by atoms with E-state index in [0.717, 1.165) is 10.8 Å². The molecule has 0 fully saturated rings. The van der Waals surface area contributed by atoms with E-state index in [1.807, 2.05) is 24.3 Å². The number of Topliss-reactive ketones (excluding diaryl/α,β-unsaturated/α-hetero) is 1. The molecule has 0 unspecified atom stereocenters. The summed E-state index contributed by atoms with van der Waals surface area (Å²) in [5, 5.41) is 1.48. The van der Waals surface area contributed by atoms with Crippen molar-refractivity contribution >= 4 is 39.8 Å². The number of ketones is 1. The second-order valence-electron chi connectivity index (χ2n) is 3.97. The van der Waals surface area contributed by atoms with Gasteiger partial charge in [0.05, 0.1) is 23.1 Å². The van der Waals surface area contributed by atoms with Gasteiger partial charge in [0.15, 0.2) is 5.78 Å². The van der Waals surface area contributed by atoms with Gasteiger partial charge >= 0.3 is 0 Å². The van der Waals surface area contributed by atoms with Crippen LogP contribution in [0.1, 0.15) is 17.3 Å². The highest BCUT2D eigenvalue weighted by Crippen LogP contribution is 2.36. The summed E-state index contributed by atoms with van der Waals surface area (Å²) < 4.78 is 5.24. The van der Waals surface area contributed by atoms with Crippen LogP contribution in [0.2, 0.25) is 5.02 Å². The number of carbonyl (C=O) groups excluding carboxylic acids is 1. The highest BCUT2D eigenvalue weighted by molar-refractivity contribution is 6.38. The zero-order chi connectivity index (χ0) is 13.3. The summed E-state index contributed by atoms with van der Waals surface area (Å²) in [4.78, 5) is 12.2. The van der Waals surface area contributed by atoms with Gasteiger partial charge in [-0.1, -0.05) is 35.9 Å². The predicted molar refractivity (Wildman–Crippen MR) is 75.2 cm³/mol. The largest absolute Gasteiger partial charge is 0.494 e. The third-order valence-corrected chi connectivity index (χ3v) is 3.25. The quantitative estimate of drug-likeness (QED) is 0.619. The minimum absolute atomic E-state index is 0.188. The van der Waals surface area contributed by atoms with Crippen molar-refractivity contribution in [1.82, 2.24) is 0 Å². The van der Waals surface area contributed by atoms with Gasteiger partial charge in [-0.05, 0) is 23.8 Å². The molecule has 0 aromatic heterocycles. The molecule has 0 bridgehead atoms. The van der Waals surface area contributed by atoms with Crippen molar-refractivity contribution in [2.45, 2.75) is 12.3 Å². The maximum absolute atomic E-state index is 12.2. The average Bonchev–Trinajstić information content (AvgIpc) is 2.36. The molecule has 0 aliphatic rings. The molecule has 4 heteroatoms. The summed E-state index contributed by atoms with van der Waals surface area (Å²) in [7, 11) is 1.49. The number of fused-ring (bicyclic) bond motifs is 1. The number of carbonyl (C=O) groups is 1. The molecule has 2 nitrogen and oxygen atoms in total. The zero-order valence-corrected chi connectivity index (χ0v) is 11.5. The van der Waals surface area contributed by atoms with Crippen molar-refractivity contribution in [3.63, 3.8) is 0 Å². The second kappa shape index (κ2) is 5.17. The Bertz CT molecular complexity index is 606. The fourth-order valence-electron chi connectivity index (χ4n) is 1.94. The molecule has 2 aromatic carbocycles. The summed E-state index contributed by atoms with van der Waals surface area (Å²) >= 11 is 12.0. The van der Waals surface area contributed by atoms with E-state index in [4.69, 9.17) is 27.9 Å². The van der Waals surface area contributed by atoms with E-state index >= 15 is 0 Å². The van der Waals surface area contributed by atoms with E-state index in [1.54, 1.807) is 13.0 Å². The van der Waals surface area contributed by atoms with E-state index < -0.39 is 5.38 Å². The third kappa shape index (κ3) is 2.18. The van der Waals surface area contributed by atoms with E-state index in [2.05, 4.69) is 0 Å². The molecule has 0 saturated heterocycles. The lowest BCUT2D eigenvalue weighted by molar-refractivity contribution is 0.0990. The summed E-state index contributed by atoms with van der Waals surface area (Å²) in [5.74, 6) is 0.195. The Hall–Kier alpha value is -1.25. The number of alkyl halides is 1. The minimum atomic E-state index is -0.624. The number of methoxy groups -OCH3 is 1. The van der Waals surface area contributed by atoms with Crippen LogP contribution in [0.5, 0.6) is 5.75 Å². The molecule has 0 amide bonds. The highest BCUT2D eigenvalue weighted by atomic mass is 35.5. The van der Waals surface area contributed by atoms with Crippen LogP contribution >= 0.6 is 23.2 Å². The maximum Gasteiger partial charge on any atom is 0.184 e. The van der Waals surface area contributed by atoms with Gasteiger partial charge in [-0.15, -0.1) is 11.6 Å². The fraction of sp³-hybridized carbons (Fsp3) is 0.214. The number of ether oxygens (including phenoxy) is 1. The summed E-state index contributed by atoms with van der Waals surface area (Å²) in [6, 6.07) is 9.30. The number of hydrogen-bond acceptors (Lipinski definition) is 2. The van der Waals surface area contributed by atoms with Crippen molar-refractivity contribution < 1.29 is 9.53 Å². The molecule has 1 atom stereocenters. The first-order chi connectivity index (χ1) is 8.56. The molecule has 2 aromatic rings. The van der Waals surface area contributed by atoms with Gasteiger partial charge in [-0.25, -0.2) is 0 Å². The molecule has 94 valence electrons. The van der Waals surface area contributed by atoms with Gasteiger partial charge in [0.2, 0.25) is 0 Å². The number of halogens is 2. The van der Waals surface area contributed by atoms with Crippen molar-refractivity contribution in [2.24, 2.45) is 0 Å². The smallest absolute Gasteiger partial charge is 0.184 e. The van der Waals surface area contributed by atoms with Gasteiger partial charge in [-0.2, -0.15) is 0 Å². The molecule has 0 heterocycles. The van der Waals surface area contributed by atoms with Crippen LogP contribution in [0, 0.1) is 0 Å². The molecular weight excluding hydrogens is 271 g/mol. The first kappa shape index (κ1) is 13.2. The molecular formula is C14H12Cl2O2. The Morgan fingerprint density at radius 3 is 2.61 bits per heavy atom. The van der Waals surface area contributed by atoms with Crippen molar-refractivity contribution in [3.05, 3.63) is 40.9 Å². The van der Waals surface area contributed by atoms with Gasteiger partial charge in [-0.3, -0.25) is 4.79 Å². The van der Waals surface area contributed by atoms with Gasteiger partial charge in [0.25, 0.3) is 0 Å². The molecule has 0 radical (unpaired) electrons. The topological polar surface area (TPSA) is 26.3 Å². The van der Waals surface area contributed by atoms with Crippen molar-refractivity contribution in [1.29, 1.82) is 0 Å². The van der Waals surface area contributed by atoms with E-state index in [0.29, 0.717) is 16.3 Å². The molecule has 0 spiro atoms. The average molecular weight is 283 g/mol. The van der Waals surface area contributed by atoms with Crippen LogP contribution in [-0.4, -0.2) is 18.3 Å². The summed E-state index contributed by atoms with van der Waals surface area (Å²) in [6.07, 6.45) is 0. The lowest BCUT2D eigenvalue weighted by atomic mass is 9.99. The van der Waals surface area contributed by atoms with Crippen LogP contribution in [0.25, 0.3) is 10.8 Å². The van der Waals surface area contributed by atoms with Gasteiger partial charge in [0.1, 0.15) is 5.75 Å². The molecule has 0 N–H and O–H groups in total. The highest BCUT2D eigenvalue weighted by Gasteiger charge is 2.22. The molecule has 0 aliphatic carbocycles. The Labute approximate surface area is 115 Å². The normalized spacial score (nSPS) is 12.4. The summed E-state index contributed by atoms with van der Waals surface area (Å²) in [6.45, 7) is 1.64. The van der Waals surface area contributed by atoms with E-state index in [9.17, 15) is 4.79 Å². The lowest BCUT2D eigenvalue weighted by Gasteiger charge is -2.14. The van der Waals surface area contributed by atoms with Crippen LogP contribution in [-0.2, 0) is 0 Å². The zero-order valence-electron chi connectivity index (χ0n) is 10.0. The van der Waals surface area contributed by atoms with Crippen molar-refractivity contribution in [2.75, 3.05) is 7.11 Å². The van der Waals surface area contributed by atoms with Gasteiger partial charge < -0.3 is 4.74 Å². The Morgan fingerprint density at radius 1 is 1.33 bits per heavy atom. The Kier molecular flexibility index (Phi) is 3.79. The molecule has 18 heavy (non-hydrogen) atoms. The van der Waals surface area contributed by atoms with Crippen LogP contribution in [0.15, 0.2) is 30.3 Å². The van der Waals surface area contributed by atoms with E-state index in [-0.39, 0.29) is 5.78 Å². The Balaban J connectivity index is 2.85. The monoisotopic (exact) mass is 282 g/mol. The first-order valence-electron chi connectivity index (χ1n) is 5.49. The van der Waals surface area contributed by atoms with Gasteiger partial charge in [0, 0.05) is 0 Å². The first-order valence-corrected chi connectivity index (χ1v) is 6.31. The maximum atomic E-state index is 12.2. The van der Waals surface area contributed by atoms with Crippen LogP contribution < -0.4 is 4.74 Å². The van der Waals surface area contributed by atoms with E-state index in [1.165, 1.54) is 7.11 Å². The molecule has 0 saturated carbocycles. The van der Waals surface area contributed by atoms with Crippen LogP contribution in [0.4, 0.5) is 0 Å². The Morgan fingerprint density at radius 2 is 2.00 bits per heavy atom. The number of hydrogen-bond donors (Lipinski definition) is 0. The lowest BCUT2D eigenvalue weighted by Crippen LogP contribution is -2.12. The predicted octanol–water partition coefficient (Wildman–Crippen LogP) is 4.31. The number of benzene rings is 2. The number of rotatable bonds is 3. The fourth-order valence-corrected chi connectivity index (χ4v) is 2.34. The molecule has 0 aliphatic heterocycles. The second-order valence-corrected chi connectivity index (χ2v) is 5.03. The van der Waals surface area contributed by atoms with Crippen LogP contribution in [0.3, 0.4) is 0 Å². The third-order valence-electron chi connectivity index (χ3n) is 2.77. The molecule has 2 rings (SSSR count). The summed E-state index contributed by atoms with van der Waals surface area (Å²) in [5.41, 5.74) is 0.447.